The molecular weight excluding hydrogens is 505 g/mol. The maximum atomic E-state index is 13.9. The SMILES string of the molecule is CCN(C(=O)c1nc(-c2ccc(F)cc2)n(CC[C@@H](O)C[C@@H](O)CC(=O)O)c1C(C)C)c1ccc(OC)cc1. The molecule has 1 aromatic heterocycles. The normalized spacial score (nSPS) is 12.8. The molecule has 2 aromatic carbocycles. The molecule has 0 unspecified atom stereocenters. The fraction of sp³-hybridized carbons (Fsp3) is 0.414. The van der Waals surface area contributed by atoms with Crippen LogP contribution in [-0.2, 0) is 11.3 Å². The largest absolute Gasteiger partial charge is 0.497 e. The number of halogens is 1. The number of hydrogen-bond acceptors (Lipinski definition) is 6. The number of aliphatic hydroxyl groups excluding tert-OH is 2. The van der Waals surface area contributed by atoms with Crippen LogP contribution in [0.3, 0.4) is 0 Å². The second kappa shape index (κ2) is 13.3. The number of carbonyl (C=O) groups is 2. The number of aliphatic hydroxyl groups is 2. The number of carbonyl (C=O) groups excluding carboxylic acids is 1. The maximum Gasteiger partial charge on any atom is 0.305 e. The fourth-order valence-corrected chi connectivity index (χ4v) is 4.58. The lowest BCUT2D eigenvalue weighted by atomic mass is 10.0. The van der Waals surface area contributed by atoms with Gasteiger partial charge in [-0.15, -0.1) is 0 Å². The quantitative estimate of drug-likeness (QED) is 0.292. The summed E-state index contributed by atoms with van der Waals surface area (Å²) in [6, 6.07) is 12.9. The smallest absolute Gasteiger partial charge is 0.305 e. The van der Waals surface area contributed by atoms with Crippen molar-refractivity contribution in [1.82, 2.24) is 9.55 Å². The van der Waals surface area contributed by atoms with Crippen LogP contribution in [0.15, 0.2) is 48.5 Å². The summed E-state index contributed by atoms with van der Waals surface area (Å²) < 4.78 is 20.8. The molecule has 1 amide bonds. The Morgan fingerprint density at radius 1 is 1.05 bits per heavy atom. The van der Waals surface area contributed by atoms with Crippen molar-refractivity contribution in [3.05, 3.63) is 65.7 Å². The lowest BCUT2D eigenvalue weighted by molar-refractivity contribution is -0.139. The Balaban J connectivity index is 2.02. The number of carboxylic acid groups (broad SMARTS) is 1. The third-order valence-electron chi connectivity index (χ3n) is 6.44. The summed E-state index contributed by atoms with van der Waals surface area (Å²) in [5, 5.41) is 29.4. The number of carboxylic acids is 1. The molecule has 0 saturated carbocycles. The van der Waals surface area contributed by atoms with E-state index in [1.165, 1.54) is 12.1 Å². The Morgan fingerprint density at radius 3 is 2.23 bits per heavy atom. The van der Waals surface area contributed by atoms with E-state index >= 15 is 0 Å². The topological polar surface area (TPSA) is 125 Å². The summed E-state index contributed by atoms with van der Waals surface area (Å²) >= 11 is 0. The van der Waals surface area contributed by atoms with Crippen LogP contribution in [0.25, 0.3) is 11.4 Å². The van der Waals surface area contributed by atoms with Gasteiger partial charge in [-0.05, 0) is 74.2 Å². The van der Waals surface area contributed by atoms with Gasteiger partial charge in [-0.2, -0.15) is 0 Å². The van der Waals surface area contributed by atoms with Crippen LogP contribution < -0.4 is 9.64 Å². The van der Waals surface area contributed by atoms with Gasteiger partial charge in [-0.25, -0.2) is 9.37 Å². The first-order valence-electron chi connectivity index (χ1n) is 13.0. The van der Waals surface area contributed by atoms with Crippen molar-refractivity contribution in [2.75, 3.05) is 18.6 Å². The van der Waals surface area contributed by atoms with Crippen LogP contribution in [0.5, 0.6) is 5.75 Å². The van der Waals surface area contributed by atoms with Gasteiger partial charge in [-0.3, -0.25) is 9.59 Å². The number of nitrogens with zero attached hydrogens (tertiary/aromatic N) is 3. The van der Waals surface area contributed by atoms with Crippen molar-refractivity contribution in [2.24, 2.45) is 0 Å². The highest BCUT2D eigenvalue weighted by Gasteiger charge is 2.29. The molecule has 3 aromatic rings. The van der Waals surface area contributed by atoms with E-state index < -0.39 is 30.4 Å². The Bertz CT molecular complexity index is 1260. The van der Waals surface area contributed by atoms with Crippen molar-refractivity contribution < 1.29 is 34.0 Å². The van der Waals surface area contributed by atoms with Crippen LogP contribution in [0, 0.1) is 5.82 Å². The molecule has 0 aliphatic heterocycles. The average molecular weight is 542 g/mol. The minimum atomic E-state index is -1.18. The van der Waals surface area contributed by atoms with E-state index in [-0.39, 0.29) is 36.9 Å². The van der Waals surface area contributed by atoms with Gasteiger partial charge >= 0.3 is 5.97 Å². The Labute approximate surface area is 227 Å². The van der Waals surface area contributed by atoms with E-state index in [0.717, 1.165) is 0 Å². The lowest BCUT2D eigenvalue weighted by Crippen LogP contribution is -2.32. The molecule has 0 aliphatic carbocycles. The second-order valence-electron chi connectivity index (χ2n) is 9.66. The van der Waals surface area contributed by atoms with Gasteiger partial charge in [0.2, 0.25) is 0 Å². The molecule has 0 saturated heterocycles. The molecular formula is C29H36FN3O6. The molecule has 39 heavy (non-hydrogen) atoms. The van der Waals surface area contributed by atoms with Gasteiger partial charge in [0.1, 0.15) is 17.4 Å². The zero-order chi connectivity index (χ0) is 28.7. The van der Waals surface area contributed by atoms with Crippen LogP contribution in [-0.4, -0.2) is 62.6 Å². The molecule has 0 radical (unpaired) electrons. The molecule has 3 rings (SSSR count). The molecule has 2 atom stereocenters. The number of rotatable bonds is 13. The van der Waals surface area contributed by atoms with E-state index in [2.05, 4.69) is 0 Å². The molecule has 0 aliphatic rings. The molecule has 210 valence electrons. The van der Waals surface area contributed by atoms with Crippen molar-refractivity contribution in [3.63, 3.8) is 0 Å². The number of hydrogen-bond donors (Lipinski definition) is 3. The van der Waals surface area contributed by atoms with Crippen molar-refractivity contribution in [2.45, 2.75) is 64.7 Å². The van der Waals surface area contributed by atoms with Crippen LogP contribution in [0.1, 0.15) is 62.1 Å². The van der Waals surface area contributed by atoms with Gasteiger partial charge in [-0.1, -0.05) is 13.8 Å². The first kappa shape index (κ1) is 29.8. The van der Waals surface area contributed by atoms with Crippen LogP contribution in [0.2, 0.25) is 0 Å². The first-order chi connectivity index (χ1) is 18.5. The molecule has 0 bridgehead atoms. The molecule has 1 heterocycles. The van der Waals surface area contributed by atoms with E-state index in [9.17, 15) is 24.2 Å². The maximum absolute atomic E-state index is 13.9. The third-order valence-corrected chi connectivity index (χ3v) is 6.44. The standard InChI is InChI=1S/C29H36FN3O6/c1-5-32(21-10-12-24(39-4)13-11-21)29(38)26-27(18(2)3)33(15-14-22(34)16-23(35)17-25(36)37)28(31-26)19-6-8-20(30)9-7-19/h6-13,18,22-23,34-35H,5,14-17H2,1-4H3,(H,36,37)/t22-,23-/m1/s1. The Morgan fingerprint density at radius 2 is 1.69 bits per heavy atom. The first-order valence-corrected chi connectivity index (χ1v) is 13.0. The van der Waals surface area contributed by atoms with E-state index in [4.69, 9.17) is 14.8 Å². The number of ether oxygens (including phenoxy) is 1. The number of aromatic nitrogens is 2. The molecule has 0 spiro atoms. The zero-order valence-electron chi connectivity index (χ0n) is 22.7. The summed E-state index contributed by atoms with van der Waals surface area (Å²) in [4.78, 5) is 31.2. The van der Waals surface area contributed by atoms with E-state index in [1.54, 1.807) is 48.4 Å². The van der Waals surface area contributed by atoms with Gasteiger partial charge in [0, 0.05) is 24.3 Å². The Kier molecular flexibility index (Phi) is 10.2. The van der Waals surface area contributed by atoms with Gasteiger partial charge in [0.05, 0.1) is 31.4 Å². The molecule has 9 nitrogen and oxygen atoms in total. The second-order valence-corrected chi connectivity index (χ2v) is 9.66. The zero-order valence-corrected chi connectivity index (χ0v) is 22.7. The van der Waals surface area contributed by atoms with Crippen molar-refractivity contribution >= 4 is 17.6 Å². The number of benzene rings is 2. The fourth-order valence-electron chi connectivity index (χ4n) is 4.58. The highest BCUT2D eigenvalue weighted by molar-refractivity contribution is 6.06. The Hall–Kier alpha value is -3.76. The monoisotopic (exact) mass is 541 g/mol. The highest BCUT2D eigenvalue weighted by Crippen LogP contribution is 2.31. The predicted molar refractivity (Wildman–Crippen MR) is 146 cm³/mol. The molecule has 0 fully saturated rings. The lowest BCUT2D eigenvalue weighted by Gasteiger charge is -2.22. The number of methoxy groups -OCH3 is 1. The van der Waals surface area contributed by atoms with Crippen molar-refractivity contribution in [1.29, 1.82) is 0 Å². The summed E-state index contributed by atoms with van der Waals surface area (Å²) in [6.07, 6.45) is -2.53. The number of amides is 1. The molecule has 10 heteroatoms. The average Bonchev–Trinajstić information content (AvgIpc) is 3.28. The van der Waals surface area contributed by atoms with Gasteiger partial charge < -0.3 is 29.5 Å². The summed E-state index contributed by atoms with van der Waals surface area (Å²) in [5.41, 5.74) is 2.19. The number of imidazole rings is 1. The van der Waals surface area contributed by atoms with Crippen LogP contribution in [0.4, 0.5) is 10.1 Å². The predicted octanol–water partition coefficient (Wildman–Crippen LogP) is 4.46. The number of aliphatic carboxylic acids is 1. The van der Waals surface area contributed by atoms with Crippen molar-refractivity contribution in [3.8, 4) is 17.1 Å². The third kappa shape index (κ3) is 7.42. The van der Waals surface area contributed by atoms with E-state index in [0.29, 0.717) is 35.1 Å². The highest BCUT2D eigenvalue weighted by atomic mass is 19.1. The van der Waals surface area contributed by atoms with Crippen LogP contribution >= 0.6 is 0 Å². The summed E-state index contributed by atoms with van der Waals surface area (Å²) in [7, 11) is 1.57. The molecule has 3 N–H and O–H groups in total. The minimum absolute atomic E-state index is 0.100. The van der Waals surface area contributed by atoms with E-state index in [1.807, 2.05) is 25.3 Å². The summed E-state index contributed by atoms with van der Waals surface area (Å²) in [5.74, 6) is -0.866. The number of anilines is 1. The van der Waals surface area contributed by atoms with Gasteiger partial charge in [0.15, 0.2) is 5.69 Å². The minimum Gasteiger partial charge on any atom is -0.497 e. The van der Waals surface area contributed by atoms with Gasteiger partial charge in [0.25, 0.3) is 5.91 Å². The summed E-state index contributed by atoms with van der Waals surface area (Å²) in [6.45, 7) is 6.39.